The summed E-state index contributed by atoms with van der Waals surface area (Å²) in [4.78, 5) is 12.2. The number of carbonyl (C=O) groups excluding carboxylic acids is 1. The molecule has 0 aliphatic rings. The SMILES string of the molecule is COC(=O)c1csc(C(C)(C)OC)c1. The molecule has 0 saturated carbocycles. The van der Waals surface area contributed by atoms with E-state index in [1.807, 2.05) is 13.8 Å². The number of hydrogen-bond donors (Lipinski definition) is 0. The monoisotopic (exact) mass is 214 g/mol. The van der Waals surface area contributed by atoms with Crippen molar-refractivity contribution in [3.8, 4) is 0 Å². The van der Waals surface area contributed by atoms with Gasteiger partial charge in [0, 0.05) is 17.4 Å². The minimum absolute atomic E-state index is 0.306. The fourth-order valence-electron chi connectivity index (χ4n) is 0.977. The average molecular weight is 214 g/mol. The van der Waals surface area contributed by atoms with Crippen LogP contribution in [0.2, 0.25) is 0 Å². The maximum Gasteiger partial charge on any atom is 0.338 e. The zero-order valence-electron chi connectivity index (χ0n) is 8.79. The van der Waals surface area contributed by atoms with E-state index >= 15 is 0 Å². The molecule has 0 spiro atoms. The highest BCUT2D eigenvalue weighted by molar-refractivity contribution is 7.10. The number of carbonyl (C=O) groups is 1. The van der Waals surface area contributed by atoms with Crippen LogP contribution in [0.25, 0.3) is 0 Å². The lowest BCUT2D eigenvalue weighted by Crippen LogP contribution is -2.17. The fraction of sp³-hybridized carbons (Fsp3) is 0.500. The third kappa shape index (κ3) is 2.13. The molecule has 3 nitrogen and oxygen atoms in total. The van der Waals surface area contributed by atoms with E-state index in [9.17, 15) is 4.79 Å². The molecule has 78 valence electrons. The number of thiophene rings is 1. The molecule has 0 unspecified atom stereocenters. The molecule has 0 N–H and O–H groups in total. The molecule has 0 amide bonds. The zero-order valence-corrected chi connectivity index (χ0v) is 9.60. The molecule has 0 aromatic carbocycles. The summed E-state index contributed by atoms with van der Waals surface area (Å²) in [5.41, 5.74) is 0.231. The Kier molecular flexibility index (Phi) is 3.29. The number of esters is 1. The zero-order chi connectivity index (χ0) is 10.8. The number of hydrogen-bond acceptors (Lipinski definition) is 4. The summed E-state index contributed by atoms with van der Waals surface area (Å²) in [7, 11) is 3.03. The molecular formula is C10H14O3S. The molecule has 0 atom stereocenters. The van der Waals surface area contributed by atoms with Crippen LogP contribution in [0.5, 0.6) is 0 Å². The summed E-state index contributed by atoms with van der Waals surface area (Å²) in [5.74, 6) is -0.306. The quantitative estimate of drug-likeness (QED) is 0.725. The Morgan fingerprint density at radius 2 is 2.07 bits per heavy atom. The van der Waals surface area contributed by atoms with E-state index in [1.54, 1.807) is 18.6 Å². The first kappa shape index (κ1) is 11.2. The highest BCUT2D eigenvalue weighted by atomic mass is 32.1. The third-order valence-electron chi connectivity index (χ3n) is 2.12. The molecule has 1 aromatic rings. The molecule has 14 heavy (non-hydrogen) atoms. The minimum Gasteiger partial charge on any atom is -0.465 e. The molecule has 4 heteroatoms. The number of rotatable bonds is 3. The second-order valence-corrected chi connectivity index (χ2v) is 4.32. The van der Waals surface area contributed by atoms with Crippen LogP contribution in [0, 0.1) is 0 Å². The fourth-order valence-corrected chi connectivity index (χ4v) is 1.96. The predicted molar refractivity (Wildman–Crippen MR) is 55.7 cm³/mol. The van der Waals surface area contributed by atoms with Crippen LogP contribution in [0.4, 0.5) is 0 Å². The maximum atomic E-state index is 11.2. The molecule has 0 aliphatic heterocycles. The van der Waals surface area contributed by atoms with Crippen molar-refractivity contribution in [2.45, 2.75) is 19.4 Å². The van der Waals surface area contributed by atoms with Gasteiger partial charge in [-0.15, -0.1) is 11.3 Å². The van der Waals surface area contributed by atoms with Gasteiger partial charge in [0.2, 0.25) is 0 Å². The van der Waals surface area contributed by atoms with Gasteiger partial charge in [-0.05, 0) is 19.9 Å². The first-order valence-corrected chi connectivity index (χ1v) is 5.11. The van der Waals surface area contributed by atoms with Crippen LogP contribution >= 0.6 is 11.3 Å². The molecule has 1 rings (SSSR count). The summed E-state index contributed by atoms with van der Waals surface area (Å²) >= 11 is 1.50. The lowest BCUT2D eigenvalue weighted by atomic mass is 10.1. The molecule has 0 fully saturated rings. The summed E-state index contributed by atoms with van der Waals surface area (Å²) in [5, 5.41) is 1.78. The van der Waals surface area contributed by atoms with Gasteiger partial charge in [-0.3, -0.25) is 0 Å². The molecule has 1 aromatic heterocycles. The standard InChI is InChI=1S/C10H14O3S/c1-10(2,13-4)8-5-7(6-14-8)9(11)12-3/h5-6H,1-4H3. The van der Waals surface area contributed by atoms with Crippen molar-refractivity contribution < 1.29 is 14.3 Å². The van der Waals surface area contributed by atoms with Crippen LogP contribution in [0.3, 0.4) is 0 Å². The van der Waals surface area contributed by atoms with E-state index < -0.39 is 0 Å². The first-order chi connectivity index (χ1) is 6.51. The van der Waals surface area contributed by atoms with Gasteiger partial charge < -0.3 is 9.47 Å². The molecule has 0 radical (unpaired) electrons. The van der Waals surface area contributed by atoms with Gasteiger partial charge in [-0.25, -0.2) is 4.79 Å². The molecule has 0 bridgehead atoms. The molecular weight excluding hydrogens is 200 g/mol. The molecule has 0 aliphatic carbocycles. The molecule has 0 saturated heterocycles. The van der Waals surface area contributed by atoms with Crippen molar-refractivity contribution in [1.29, 1.82) is 0 Å². The van der Waals surface area contributed by atoms with E-state index in [0.29, 0.717) is 5.56 Å². The van der Waals surface area contributed by atoms with Crippen LogP contribution in [-0.4, -0.2) is 20.2 Å². The Hall–Kier alpha value is -0.870. The van der Waals surface area contributed by atoms with Gasteiger partial charge >= 0.3 is 5.97 Å². The largest absolute Gasteiger partial charge is 0.465 e. The van der Waals surface area contributed by atoms with Gasteiger partial charge in [0.25, 0.3) is 0 Å². The topological polar surface area (TPSA) is 35.5 Å². The van der Waals surface area contributed by atoms with E-state index in [2.05, 4.69) is 4.74 Å². The van der Waals surface area contributed by atoms with Crippen LogP contribution in [0.15, 0.2) is 11.4 Å². The highest BCUT2D eigenvalue weighted by Crippen LogP contribution is 2.29. The van der Waals surface area contributed by atoms with Gasteiger partial charge in [0.15, 0.2) is 0 Å². The number of ether oxygens (including phenoxy) is 2. The summed E-state index contributed by atoms with van der Waals surface area (Å²) in [6.07, 6.45) is 0. The predicted octanol–water partition coefficient (Wildman–Crippen LogP) is 2.42. The Bertz CT molecular complexity index is 328. The number of methoxy groups -OCH3 is 2. The second kappa shape index (κ2) is 4.11. The lowest BCUT2D eigenvalue weighted by Gasteiger charge is -2.20. The Morgan fingerprint density at radius 3 is 2.57 bits per heavy atom. The molecule has 1 heterocycles. The summed E-state index contributed by atoms with van der Waals surface area (Å²) in [6.45, 7) is 3.92. The van der Waals surface area contributed by atoms with Crippen molar-refractivity contribution >= 4 is 17.3 Å². The van der Waals surface area contributed by atoms with Crippen molar-refractivity contribution in [2.75, 3.05) is 14.2 Å². The summed E-state index contributed by atoms with van der Waals surface area (Å²) < 4.78 is 9.93. The Balaban J connectivity index is 2.93. The van der Waals surface area contributed by atoms with E-state index in [1.165, 1.54) is 18.4 Å². The van der Waals surface area contributed by atoms with Crippen molar-refractivity contribution in [3.05, 3.63) is 21.9 Å². The third-order valence-corrected chi connectivity index (χ3v) is 3.36. The summed E-state index contributed by atoms with van der Waals surface area (Å²) in [6, 6.07) is 1.81. The van der Waals surface area contributed by atoms with Gasteiger partial charge in [-0.2, -0.15) is 0 Å². The van der Waals surface area contributed by atoms with E-state index in [4.69, 9.17) is 4.74 Å². The smallest absolute Gasteiger partial charge is 0.338 e. The van der Waals surface area contributed by atoms with Crippen molar-refractivity contribution in [3.63, 3.8) is 0 Å². The van der Waals surface area contributed by atoms with Gasteiger partial charge in [0.05, 0.1) is 18.3 Å². The highest BCUT2D eigenvalue weighted by Gasteiger charge is 2.22. The van der Waals surface area contributed by atoms with Crippen LogP contribution in [-0.2, 0) is 15.1 Å². The van der Waals surface area contributed by atoms with Crippen molar-refractivity contribution in [2.24, 2.45) is 0 Å². The Morgan fingerprint density at radius 1 is 1.43 bits per heavy atom. The normalized spacial score (nSPS) is 11.4. The van der Waals surface area contributed by atoms with Crippen LogP contribution < -0.4 is 0 Å². The minimum atomic E-state index is -0.350. The van der Waals surface area contributed by atoms with Gasteiger partial charge in [-0.1, -0.05) is 0 Å². The maximum absolute atomic E-state index is 11.2. The van der Waals surface area contributed by atoms with Gasteiger partial charge in [0.1, 0.15) is 0 Å². The van der Waals surface area contributed by atoms with E-state index in [-0.39, 0.29) is 11.6 Å². The lowest BCUT2D eigenvalue weighted by molar-refractivity contribution is 0.0223. The average Bonchev–Trinajstić information content (AvgIpc) is 2.66. The van der Waals surface area contributed by atoms with E-state index in [0.717, 1.165) is 4.88 Å². The van der Waals surface area contributed by atoms with Crippen molar-refractivity contribution in [1.82, 2.24) is 0 Å². The first-order valence-electron chi connectivity index (χ1n) is 4.23. The Labute approximate surface area is 87.7 Å². The second-order valence-electron chi connectivity index (χ2n) is 3.41. The van der Waals surface area contributed by atoms with Crippen LogP contribution in [0.1, 0.15) is 29.1 Å².